The maximum Gasteiger partial charge on any atom is 0.142 e. The van der Waals surface area contributed by atoms with Crippen molar-refractivity contribution in [2.24, 2.45) is 0 Å². The first-order valence-electron chi connectivity index (χ1n) is 2.85. The quantitative estimate of drug-likeness (QED) is 0.583. The van der Waals surface area contributed by atoms with Crippen molar-refractivity contribution in [1.29, 1.82) is 0 Å². The molecule has 0 unspecified atom stereocenters. The van der Waals surface area contributed by atoms with Crippen molar-refractivity contribution in [3.8, 4) is 0 Å². The van der Waals surface area contributed by atoms with E-state index in [1.807, 2.05) is 0 Å². The van der Waals surface area contributed by atoms with Gasteiger partial charge in [0.2, 0.25) is 0 Å². The van der Waals surface area contributed by atoms with Gasteiger partial charge in [-0.2, -0.15) is 0 Å². The van der Waals surface area contributed by atoms with Crippen LogP contribution in [0.25, 0.3) is 0 Å². The molecule has 0 heterocycles. The van der Waals surface area contributed by atoms with E-state index in [2.05, 4.69) is 0 Å². The van der Waals surface area contributed by atoms with Crippen LogP contribution in [0.3, 0.4) is 0 Å². The average Bonchev–Trinajstić information content (AvgIpc) is 1.99. The minimum atomic E-state index is -1.09. The zero-order valence-electron chi connectivity index (χ0n) is 5.37. The summed E-state index contributed by atoms with van der Waals surface area (Å²) in [6, 6.07) is 1.70. The molecule has 0 aliphatic rings. The smallest absolute Gasteiger partial charge is 0.142 e. The SMILES string of the molecule is FCc1c(F)ccc(F)c1Cl. The predicted molar refractivity (Wildman–Crippen MR) is 36.2 cm³/mol. The summed E-state index contributed by atoms with van der Waals surface area (Å²) in [7, 11) is 0. The molecular weight excluding hydrogens is 177 g/mol. The van der Waals surface area contributed by atoms with E-state index in [-0.39, 0.29) is 0 Å². The van der Waals surface area contributed by atoms with Crippen LogP contribution in [0.2, 0.25) is 5.02 Å². The number of hydrogen-bond acceptors (Lipinski definition) is 0. The maximum atomic E-state index is 12.5. The Kier molecular flexibility index (Phi) is 2.39. The number of alkyl halides is 1. The molecule has 0 aliphatic heterocycles. The van der Waals surface area contributed by atoms with Crippen molar-refractivity contribution in [1.82, 2.24) is 0 Å². The standard InChI is InChI=1S/C7H4ClF3/c8-7-4(3-9)5(10)1-2-6(7)11/h1-2H,3H2. The van der Waals surface area contributed by atoms with E-state index in [4.69, 9.17) is 11.6 Å². The lowest BCUT2D eigenvalue weighted by atomic mass is 10.2. The second-order valence-electron chi connectivity index (χ2n) is 1.96. The second kappa shape index (κ2) is 3.13. The molecule has 1 rings (SSSR count). The Morgan fingerprint density at radius 1 is 1.18 bits per heavy atom. The molecule has 0 spiro atoms. The molecule has 0 saturated heterocycles. The van der Waals surface area contributed by atoms with E-state index in [0.29, 0.717) is 0 Å². The lowest BCUT2D eigenvalue weighted by Crippen LogP contribution is -1.90. The molecular formula is C7H4ClF3. The molecule has 0 fully saturated rings. The molecule has 0 radical (unpaired) electrons. The predicted octanol–water partition coefficient (Wildman–Crippen LogP) is 3.09. The summed E-state index contributed by atoms with van der Waals surface area (Å²) in [5, 5.41) is -0.479. The van der Waals surface area contributed by atoms with Crippen LogP contribution in [0, 0.1) is 11.6 Å². The lowest BCUT2D eigenvalue weighted by Gasteiger charge is -2.00. The van der Waals surface area contributed by atoms with Crippen LogP contribution in [0.15, 0.2) is 12.1 Å². The molecule has 0 aromatic heterocycles. The topological polar surface area (TPSA) is 0 Å². The first-order chi connectivity index (χ1) is 5.16. The summed E-state index contributed by atoms with van der Waals surface area (Å²) in [5.74, 6) is -1.63. The fourth-order valence-corrected chi connectivity index (χ4v) is 0.895. The molecule has 0 nitrogen and oxygen atoms in total. The Morgan fingerprint density at radius 2 is 1.73 bits per heavy atom. The van der Waals surface area contributed by atoms with Gasteiger partial charge in [-0.3, -0.25) is 0 Å². The number of benzene rings is 1. The molecule has 0 saturated carbocycles. The number of hydrogen-bond donors (Lipinski definition) is 0. The Balaban J connectivity index is 3.29. The van der Waals surface area contributed by atoms with Gasteiger partial charge in [-0.1, -0.05) is 11.6 Å². The zero-order valence-corrected chi connectivity index (χ0v) is 6.13. The van der Waals surface area contributed by atoms with Crippen LogP contribution >= 0.6 is 11.6 Å². The van der Waals surface area contributed by atoms with Crippen molar-refractivity contribution < 1.29 is 13.2 Å². The molecule has 0 atom stereocenters. The van der Waals surface area contributed by atoms with E-state index in [0.717, 1.165) is 12.1 Å². The molecule has 4 heteroatoms. The van der Waals surface area contributed by atoms with Gasteiger partial charge < -0.3 is 0 Å². The third-order valence-electron chi connectivity index (χ3n) is 1.27. The van der Waals surface area contributed by atoms with E-state index in [9.17, 15) is 13.2 Å². The lowest BCUT2D eigenvalue weighted by molar-refractivity contribution is 0.460. The van der Waals surface area contributed by atoms with Crippen LogP contribution < -0.4 is 0 Å². The summed E-state index contributed by atoms with van der Waals surface area (Å²) in [6.45, 7) is -1.09. The van der Waals surface area contributed by atoms with Gasteiger partial charge in [0.05, 0.1) is 5.02 Å². The highest BCUT2D eigenvalue weighted by Crippen LogP contribution is 2.23. The van der Waals surface area contributed by atoms with Crippen LogP contribution in [-0.2, 0) is 6.67 Å². The van der Waals surface area contributed by atoms with Crippen molar-refractivity contribution in [3.63, 3.8) is 0 Å². The van der Waals surface area contributed by atoms with E-state index in [1.165, 1.54) is 0 Å². The van der Waals surface area contributed by atoms with Crippen molar-refractivity contribution in [2.45, 2.75) is 6.67 Å². The Hall–Kier alpha value is -0.700. The van der Waals surface area contributed by atoms with Crippen LogP contribution in [0.5, 0.6) is 0 Å². The normalized spacial score (nSPS) is 10.2. The minimum absolute atomic E-state index is 0.424. The molecule has 11 heavy (non-hydrogen) atoms. The first-order valence-corrected chi connectivity index (χ1v) is 3.23. The molecule has 1 aromatic carbocycles. The summed E-state index contributed by atoms with van der Waals surface area (Å²) >= 11 is 5.24. The summed E-state index contributed by atoms with van der Waals surface area (Å²) < 4.78 is 37.0. The second-order valence-corrected chi connectivity index (χ2v) is 2.33. The van der Waals surface area contributed by atoms with E-state index in [1.54, 1.807) is 0 Å². The molecule has 60 valence electrons. The molecule has 0 aliphatic carbocycles. The molecule has 0 bridgehead atoms. The van der Waals surface area contributed by atoms with Gasteiger partial charge in [-0.25, -0.2) is 13.2 Å². The number of halogens is 4. The monoisotopic (exact) mass is 180 g/mol. The number of rotatable bonds is 1. The van der Waals surface area contributed by atoms with Crippen LogP contribution in [0.4, 0.5) is 13.2 Å². The average molecular weight is 181 g/mol. The molecule has 0 amide bonds. The third-order valence-corrected chi connectivity index (χ3v) is 1.68. The van der Waals surface area contributed by atoms with Gasteiger partial charge in [-0.05, 0) is 12.1 Å². The fourth-order valence-electron chi connectivity index (χ4n) is 0.692. The highest BCUT2D eigenvalue weighted by molar-refractivity contribution is 6.31. The maximum absolute atomic E-state index is 12.5. The van der Waals surface area contributed by atoms with Crippen LogP contribution in [-0.4, -0.2) is 0 Å². The Bertz CT molecular complexity index is 273. The third kappa shape index (κ3) is 1.48. The first kappa shape index (κ1) is 8.40. The van der Waals surface area contributed by atoms with Gasteiger partial charge in [0.25, 0.3) is 0 Å². The van der Waals surface area contributed by atoms with Crippen molar-refractivity contribution in [2.75, 3.05) is 0 Å². The minimum Gasteiger partial charge on any atom is -0.246 e. The van der Waals surface area contributed by atoms with Crippen LogP contribution in [0.1, 0.15) is 5.56 Å². The van der Waals surface area contributed by atoms with Gasteiger partial charge >= 0.3 is 0 Å². The fraction of sp³-hybridized carbons (Fsp3) is 0.143. The zero-order chi connectivity index (χ0) is 8.43. The van der Waals surface area contributed by atoms with E-state index >= 15 is 0 Å². The van der Waals surface area contributed by atoms with E-state index < -0.39 is 28.9 Å². The largest absolute Gasteiger partial charge is 0.246 e. The van der Waals surface area contributed by atoms with Gasteiger partial charge in [-0.15, -0.1) is 0 Å². The summed E-state index contributed by atoms with van der Waals surface area (Å²) in [6.07, 6.45) is 0. The van der Waals surface area contributed by atoms with Gasteiger partial charge in [0.1, 0.15) is 18.3 Å². The summed E-state index contributed by atoms with van der Waals surface area (Å²) in [5.41, 5.74) is -0.424. The Morgan fingerprint density at radius 3 is 2.18 bits per heavy atom. The highest BCUT2D eigenvalue weighted by Gasteiger charge is 2.10. The highest BCUT2D eigenvalue weighted by atomic mass is 35.5. The molecule has 1 aromatic rings. The van der Waals surface area contributed by atoms with Crippen molar-refractivity contribution in [3.05, 3.63) is 34.4 Å². The summed E-state index contributed by atoms with van der Waals surface area (Å²) in [4.78, 5) is 0. The van der Waals surface area contributed by atoms with Crippen molar-refractivity contribution >= 4 is 11.6 Å². The van der Waals surface area contributed by atoms with Gasteiger partial charge in [0.15, 0.2) is 0 Å². The van der Waals surface area contributed by atoms with Gasteiger partial charge in [0, 0.05) is 5.56 Å². The Labute approximate surface area is 66.6 Å². The molecule has 0 N–H and O–H groups in total.